The third-order valence-corrected chi connectivity index (χ3v) is 3.75. The van der Waals surface area contributed by atoms with Crippen LogP contribution >= 0.6 is 27.3 Å². The lowest BCUT2D eigenvalue weighted by molar-refractivity contribution is 0.965. The van der Waals surface area contributed by atoms with Crippen LogP contribution in [0.1, 0.15) is 4.88 Å². The maximum absolute atomic E-state index is 4.49. The quantitative estimate of drug-likeness (QED) is 0.687. The summed E-state index contributed by atoms with van der Waals surface area (Å²) >= 11 is 5.13. The van der Waals surface area contributed by atoms with Gasteiger partial charge >= 0.3 is 0 Å². The highest BCUT2D eigenvalue weighted by atomic mass is 79.9. The van der Waals surface area contributed by atoms with E-state index in [2.05, 4.69) is 45.1 Å². The first-order chi connectivity index (χ1) is 7.72. The number of hydrogen-bond acceptors (Lipinski definition) is 3. The van der Waals surface area contributed by atoms with Gasteiger partial charge in [0, 0.05) is 15.5 Å². The van der Waals surface area contributed by atoms with E-state index in [0.29, 0.717) is 0 Å². The van der Waals surface area contributed by atoms with Crippen molar-refractivity contribution < 1.29 is 0 Å². The SMILES string of the molecule is Cc1ccc(-c2nc3cc(Br)ccn3n2)s1. The van der Waals surface area contributed by atoms with Crippen LogP contribution in [0.2, 0.25) is 0 Å². The third kappa shape index (κ3) is 1.66. The zero-order chi connectivity index (χ0) is 11.1. The Morgan fingerprint density at radius 1 is 1.31 bits per heavy atom. The van der Waals surface area contributed by atoms with Gasteiger partial charge in [0.05, 0.1) is 4.88 Å². The Kier molecular flexibility index (Phi) is 2.29. The molecular formula is C11H8BrN3S. The van der Waals surface area contributed by atoms with Crippen LogP contribution in [0.4, 0.5) is 0 Å². The van der Waals surface area contributed by atoms with Crippen molar-refractivity contribution in [2.75, 3.05) is 0 Å². The van der Waals surface area contributed by atoms with E-state index in [1.165, 1.54) is 4.88 Å². The van der Waals surface area contributed by atoms with Gasteiger partial charge in [0.15, 0.2) is 11.5 Å². The summed E-state index contributed by atoms with van der Waals surface area (Å²) in [4.78, 5) is 6.87. The standard InChI is InChI=1S/C11H8BrN3S/c1-7-2-3-9(16-7)11-13-10-6-8(12)4-5-15(10)14-11/h2-6H,1H3. The Labute approximate surface area is 105 Å². The van der Waals surface area contributed by atoms with Crippen LogP contribution in [0.25, 0.3) is 16.3 Å². The summed E-state index contributed by atoms with van der Waals surface area (Å²) in [6, 6.07) is 8.05. The van der Waals surface area contributed by atoms with Gasteiger partial charge in [-0.05, 0) is 31.2 Å². The summed E-state index contributed by atoms with van der Waals surface area (Å²) in [7, 11) is 0. The molecule has 16 heavy (non-hydrogen) atoms. The van der Waals surface area contributed by atoms with Gasteiger partial charge in [-0.1, -0.05) is 15.9 Å². The first-order valence-electron chi connectivity index (χ1n) is 4.81. The van der Waals surface area contributed by atoms with Crippen LogP contribution in [-0.2, 0) is 0 Å². The van der Waals surface area contributed by atoms with E-state index in [1.807, 2.05) is 18.3 Å². The molecule has 0 unspecified atom stereocenters. The minimum absolute atomic E-state index is 0.788. The zero-order valence-corrected chi connectivity index (χ0v) is 10.9. The van der Waals surface area contributed by atoms with E-state index in [9.17, 15) is 0 Å². The average Bonchev–Trinajstić information content (AvgIpc) is 2.83. The van der Waals surface area contributed by atoms with Gasteiger partial charge in [0.2, 0.25) is 0 Å². The molecule has 3 aromatic heterocycles. The third-order valence-electron chi connectivity index (χ3n) is 2.26. The summed E-state index contributed by atoms with van der Waals surface area (Å²) < 4.78 is 2.80. The van der Waals surface area contributed by atoms with Crippen LogP contribution in [0, 0.1) is 6.92 Å². The first kappa shape index (κ1) is 9.99. The second-order valence-corrected chi connectivity index (χ2v) is 5.70. The lowest BCUT2D eigenvalue weighted by Crippen LogP contribution is -1.84. The molecule has 0 aromatic carbocycles. The fourth-order valence-corrected chi connectivity index (χ4v) is 2.64. The number of rotatable bonds is 1. The Balaban J connectivity index is 2.18. The molecule has 0 amide bonds. The van der Waals surface area contributed by atoms with Crippen molar-refractivity contribution >= 4 is 32.9 Å². The summed E-state index contributed by atoms with van der Waals surface area (Å²) in [6.07, 6.45) is 1.90. The molecule has 0 N–H and O–H groups in total. The molecule has 0 spiro atoms. The minimum Gasteiger partial charge on any atom is -0.220 e. The molecule has 0 aliphatic carbocycles. The molecule has 0 bridgehead atoms. The highest BCUT2D eigenvalue weighted by molar-refractivity contribution is 9.10. The van der Waals surface area contributed by atoms with Gasteiger partial charge in [0.1, 0.15) is 0 Å². The summed E-state index contributed by atoms with van der Waals surface area (Å²) in [5.74, 6) is 0.788. The molecule has 0 fully saturated rings. The molecule has 0 saturated heterocycles. The van der Waals surface area contributed by atoms with E-state index in [4.69, 9.17) is 0 Å². The van der Waals surface area contributed by atoms with Crippen LogP contribution in [0.3, 0.4) is 0 Å². The average molecular weight is 294 g/mol. The van der Waals surface area contributed by atoms with Crippen molar-refractivity contribution in [3.63, 3.8) is 0 Å². The van der Waals surface area contributed by atoms with E-state index in [1.54, 1.807) is 15.9 Å². The zero-order valence-electron chi connectivity index (χ0n) is 8.51. The second kappa shape index (κ2) is 3.68. The van der Waals surface area contributed by atoms with Crippen LogP contribution in [0.5, 0.6) is 0 Å². The van der Waals surface area contributed by atoms with Crippen molar-refractivity contribution in [2.45, 2.75) is 6.92 Å². The van der Waals surface area contributed by atoms with Gasteiger partial charge in [-0.3, -0.25) is 0 Å². The van der Waals surface area contributed by atoms with Gasteiger partial charge in [-0.15, -0.1) is 16.4 Å². The smallest absolute Gasteiger partial charge is 0.192 e. The number of fused-ring (bicyclic) bond motifs is 1. The molecule has 0 saturated carbocycles. The Bertz CT molecular complexity index is 656. The van der Waals surface area contributed by atoms with Crippen molar-refractivity contribution in [3.8, 4) is 10.7 Å². The highest BCUT2D eigenvalue weighted by Crippen LogP contribution is 2.25. The monoisotopic (exact) mass is 293 g/mol. The van der Waals surface area contributed by atoms with Gasteiger partial charge in [-0.25, -0.2) is 9.50 Å². The number of aryl methyl sites for hydroxylation is 1. The van der Waals surface area contributed by atoms with Crippen molar-refractivity contribution in [1.29, 1.82) is 0 Å². The van der Waals surface area contributed by atoms with Crippen molar-refractivity contribution in [2.24, 2.45) is 0 Å². The maximum Gasteiger partial charge on any atom is 0.192 e. The van der Waals surface area contributed by atoms with Crippen molar-refractivity contribution in [1.82, 2.24) is 14.6 Å². The van der Waals surface area contributed by atoms with Crippen LogP contribution in [-0.4, -0.2) is 14.6 Å². The molecule has 0 atom stereocenters. The number of hydrogen-bond donors (Lipinski definition) is 0. The molecule has 3 aromatic rings. The normalized spacial score (nSPS) is 11.1. The molecule has 3 nitrogen and oxygen atoms in total. The van der Waals surface area contributed by atoms with Crippen LogP contribution < -0.4 is 0 Å². The van der Waals surface area contributed by atoms with Crippen LogP contribution in [0.15, 0.2) is 34.9 Å². The Morgan fingerprint density at radius 2 is 2.19 bits per heavy atom. The lowest BCUT2D eigenvalue weighted by atomic mass is 10.4. The summed E-state index contributed by atoms with van der Waals surface area (Å²) in [6.45, 7) is 2.08. The molecule has 0 radical (unpaired) electrons. The number of thiophene rings is 1. The number of pyridine rings is 1. The summed E-state index contributed by atoms with van der Waals surface area (Å²) in [5.41, 5.74) is 0.857. The minimum atomic E-state index is 0.788. The molecule has 5 heteroatoms. The summed E-state index contributed by atoms with van der Waals surface area (Å²) in [5, 5.41) is 4.43. The molecule has 80 valence electrons. The second-order valence-electron chi connectivity index (χ2n) is 3.49. The van der Waals surface area contributed by atoms with E-state index < -0.39 is 0 Å². The Hall–Kier alpha value is -1.20. The predicted molar refractivity (Wildman–Crippen MR) is 68.7 cm³/mol. The predicted octanol–water partition coefficient (Wildman–Crippen LogP) is 3.53. The van der Waals surface area contributed by atoms with E-state index in [0.717, 1.165) is 20.8 Å². The van der Waals surface area contributed by atoms with E-state index in [-0.39, 0.29) is 0 Å². The first-order valence-corrected chi connectivity index (χ1v) is 6.42. The van der Waals surface area contributed by atoms with Gasteiger partial charge in [0.25, 0.3) is 0 Å². The van der Waals surface area contributed by atoms with E-state index >= 15 is 0 Å². The molecule has 0 aliphatic heterocycles. The van der Waals surface area contributed by atoms with Gasteiger partial charge in [-0.2, -0.15) is 0 Å². The number of nitrogens with zero attached hydrogens (tertiary/aromatic N) is 3. The fraction of sp³-hybridized carbons (Fsp3) is 0.0909. The topological polar surface area (TPSA) is 30.2 Å². The molecular weight excluding hydrogens is 286 g/mol. The lowest BCUT2D eigenvalue weighted by Gasteiger charge is -1.89. The number of halogens is 1. The molecule has 0 aliphatic rings. The Morgan fingerprint density at radius 3 is 2.94 bits per heavy atom. The fourth-order valence-electron chi connectivity index (χ4n) is 1.52. The molecule has 3 rings (SSSR count). The largest absolute Gasteiger partial charge is 0.220 e. The number of aromatic nitrogens is 3. The maximum atomic E-state index is 4.49. The highest BCUT2D eigenvalue weighted by Gasteiger charge is 2.08. The molecule has 3 heterocycles. The van der Waals surface area contributed by atoms with Crippen molar-refractivity contribution in [3.05, 3.63) is 39.8 Å². The van der Waals surface area contributed by atoms with Gasteiger partial charge < -0.3 is 0 Å².